The first kappa shape index (κ1) is 14.6. The molecule has 7 heteroatoms. The van der Waals surface area contributed by atoms with E-state index < -0.39 is 0 Å². The van der Waals surface area contributed by atoms with Gasteiger partial charge in [-0.2, -0.15) is 0 Å². The number of likely N-dealkylation sites (tertiary alicyclic amines) is 1. The van der Waals surface area contributed by atoms with Crippen LogP contribution in [0.15, 0.2) is 23.7 Å². The van der Waals surface area contributed by atoms with Crippen LogP contribution in [0.25, 0.3) is 0 Å². The van der Waals surface area contributed by atoms with Crippen LogP contribution in [0.4, 0.5) is 0 Å². The highest BCUT2D eigenvalue weighted by molar-refractivity contribution is 7.10. The van der Waals surface area contributed by atoms with Gasteiger partial charge in [0.05, 0.1) is 6.20 Å². The minimum absolute atomic E-state index is 0.0665. The van der Waals surface area contributed by atoms with Crippen molar-refractivity contribution in [2.75, 3.05) is 20.1 Å². The molecule has 0 aromatic carbocycles. The molecule has 5 nitrogen and oxygen atoms in total. The number of piperidine rings is 1. The Hall–Kier alpha value is -1.31. The van der Waals surface area contributed by atoms with E-state index in [0.29, 0.717) is 23.4 Å². The van der Waals surface area contributed by atoms with Crippen molar-refractivity contribution in [3.05, 3.63) is 33.5 Å². The summed E-state index contributed by atoms with van der Waals surface area (Å²) in [6.07, 6.45) is 3.85. The molecule has 0 bridgehead atoms. The number of rotatable bonds is 4. The van der Waals surface area contributed by atoms with Crippen LogP contribution in [0.5, 0.6) is 0 Å². The molecule has 21 heavy (non-hydrogen) atoms. The second-order valence-corrected chi connectivity index (χ2v) is 7.10. The predicted octanol–water partition coefficient (Wildman–Crippen LogP) is 2.41. The normalized spacial score (nSPS) is 23.1. The predicted molar refractivity (Wildman–Crippen MR) is 84.7 cm³/mol. The average molecular weight is 322 g/mol. The summed E-state index contributed by atoms with van der Waals surface area (Å²) in [7, 11) is 2.17. The lowest BCUT2D eigenvalue weighted by Gasteiger charge is -2.38. The van der Waals surface area contributed by atoms with Crippen LogP contribution in [0, 0.1) is 5.92 Å². The average Bonchev–Trinajstić information content (AvgIpc) is 3.17. The molecule has 1 saturated heterocycles. The molecular formula is C14H18N4OS2. The first-order valence-corrected chi connectivity index (χ1v) is 8.70. The fourth-order valence-corrected chi connectivity index (χ4v) is 4.38. The lowest BCUT2D eigenvalue weighted by atomic mass is 9.88. The molecule has 1 aliphatic heterocycles. The van der Waals surface area contributed by atoms with Crippen LogP contribution in [0.2, 0.25) is 0 Å². The first-order valence-electron chi connectivity index (χ1n) is 7.05. The number of carbonyl (C=O) groups excluding carboxylic acids is 1. The summed E-state index contributed by atoms with van der Waals surface area (Å²) in [6.45, 7) is 1.81. The van der Waals surface area contributed by atoms with Crippen molar-refractivity contribution in [3.63, 3.8) is 0 Å². The van der Waals surface area contributed by atoms with E-state index in [1.165, 1.54) is 17.5 Å². The van der Waals surface area contributed by atoms with Crippen LogP contribution in [0.1, 0.15) is 33.4 Å². The molecule has 112 valence electrons. The molecule has 0 radical (unpaired) electrons. The van der Waals surface area contributed by atoms with Gasteiger partial charge in [-0.25, -0.2) is 0 Å². The smallest absolute Gasteiger partial charge is 0.264 e. The zero-order valence-corrected chi connectivity index (χ0v) is 13.5. The highest BCUT2D eigenvalue weighted by Crippen LogP contribution is 2.36. The number of aromatic nitrogens is 2. The second-order valence-electron chi connectivity index (χ2n) is 5.33. The van der Waals surface area contributed by atoms with E-state index in [4.69, 9.17) is 0 Å². The maximum absolute atomic E-state index is 12.0. The number of hydrogen-bond acceptors (Lipinski definition) is 6. The Labute approximate surface area is 132 Å². The van der Waals surface area contributed by atoms with E-state index in [9.17, 15) is 4.79 Å². The molecule has 3 rings (SSSR count). The topological polar surface area (TPSA) is 58.1 Å². The summed E-state index contributed by atoms with van der Waals surface area (Å²) in [4.78, 5) is 16.4. The van der Waals surface area contributed by atoms with E-state index in [2.05, 4.69) is 44.4 Å². The van der Waals surface area contributed by atoms with E-state index in [1.54, 1.807) is 11.3 Å². The minimum Gasteiger partial charge on any atom is -0.351 e. The molecule has 2 aromatic rings. The van der Waals surface area contributed by atoms with Crippen molar-refractivity contribution < 1.29 is 4.79 Å². The van der Waals surface area contributed by atoms with Crippen molar-refractivity contribution in [3.8, 4) is 0 Å². The molecule has 3 heterocycles. The van der Waals surface area contributed by atoms with E-state index in [0.717, 1.165) is 24.5 Å². The van der Waals surface area contributed by atoms with Gasteiger partial charge < -0.3 is 5.32 Å². The van der Waals surface area contributed by atoms with Gasteiger partial charge in [-0.3, -0.25) is 9.69 Å². The van der Waals surface area contributed by atoms with Crippen LogP contribution in [-0.2, 0) is 0 Å². The van der Waals surface area contributed by atoms with Gasteiger partial charge >= 0.3 is 0 Å². The van der Waals surface area contributed by atoms with Crippen molar-refractivity contribution in [1.29, 1.82) is 0 Å². The van der Waals surface area contributed by atoms with Gasteiger partial charge in [0.1, 0.15) is 4.88 Å². The summed E-state index contributed by atoms with van der Waals surface area (Å²) in [5.41, 5.74) is 0. The summed E-state index contributed by atoms with van der Waals surface area (Å²) < 4.78 is 3.73. The standard InChI is InChI=1S/C14H18N4OS2/c1-18-6-2-4-10(13(18)11-5-3-7-20-11)8-15-14(19)12-9-16-17-21-12/h3,5,7,9-10,13H,2,4,6,8H2,1H3,(H,15,19)/t10-,13+/m1/s1. The molecule has 2 atom stereocenters. The first-order chi connectivity index (χ1) is 10.3. The number of amides is 1. The molecular weight excluding hydrogens is 304 g/mol. The van der Waals surface area contributed by atoms with Gasteiger partial charge in [-0.05, 0) is 55.3 Å². The Bertz CT molecular complexity index is 570. The highest BCUT2D eigenvalue weighted by Gasteiger charge is 2.31. The Morgan fingerprint density at radius 3 is 3.19 bits per heavy atom. The van der Waals surface area contributed by atoms with Gasteiger partial charge in [-0.15, -0.1) is 16.4 Å². The third-order valence-electron chi connectivity index (χ3n) is 3.95. The molecule has 1 fully saturated rings. The molecule has 0 spiro atoms. The minimum atomic E-state index is -0.0665. The maximum atomic E-state index is 12.0. The van der Waals surface area contributed by atoms with E-state index in [-0.39, 0.29) is 5.91 Å². The quantitative estimate of drug-likeness (QED) is 0.939. The van der Waals surface area contributed by atoms with Gasteiger partial charge in [0.25, 0.3) is 5.91 Å². The number of nitrogens with one attached hydrogen (secondary N) is 1. The second kappa shape index (κ2) is 6.64. The van der Waals surface area contributed by atoms with Crippen LogP contribution >= 0.6 is 22.9 Å². The zero-order chi connectivity index (χ0) is 14.7. The number of hydrogen-bond donors (Lipinski definition) is 1. The van der Waals surface area contributed by atoms with Crippen molar-refractivity contribution in [1.82, 2.24) is 19.8 Å². The molecule has 0 unspecified atom stereocenters. The molecule has 1 N–H and O–H groups in total. The monoisotopic (exact) mass is 322 g/mol. The summed E-state index contributed by atoms with van der Waals surface area (Å²) in [5.74, 6) is 0.385. The van der Waals surface area contributed by atoms with Gasteiger partial charge in [0, 0.05) is 17.5 Å². The van der Waals surface area contributed by atoms with Crippen molar-refractivity contribution in [2.24, 2.45) is 5.92 Å². The summed E-state index contributed by atoms with van der Waals surface area (Å²) >= 11 is 2.93. The highest BCUT2D eigenvalue weighted by atomic mass is 32.1. The van der Waals surface area contributed by atoms with Crippen LogP contribution < -0.4 is 5.32 Å². The Morgan fingerprint density at radius 1 is 1.57 bits per heavy atom. The van der Waals surface area contributed by atoms with Crippen molar-refractivity contribution in [2.45, 2.75) is 18.9 Å². The summed E-state index contributed by atoms with van der Waals surface area (Å²) in [6, 6.07) is 4.69. The summed E-state index contributed by atoms with van der Waals surface area (Å²) in [5, 5.41) is 8.86. The zero-order valence-electron chi connectivity index (χ0n) is 11.9. The third-order valence-corrected chi connectivity index (χ3v) is 5.56. The van der Waals surface area contributed by atoms with Crippen LogP contribution in [-0.4, -0.2) is 40.5 Å². The van der Waals surface area contributed by atoms with Crippen molar-refractivity contribution >= 4 is 28.8 Å². The lowest BCUT2D eigenvalue weighted by molar-refractivity contribution is 0.0899. The molecule has 0 saturated carbocycles. The van der Waals surface area contributed by atoms with Gasteiger partial charge in [-0.1, -0.05) is 10.6 Å². The fraction of sp³-hybridized carbons (Fsp3) is 0.500. The fourth-order valence-electron chi connectivity index (χ4n) is 2.96. The SMILES string of the molecule is CN1CCC[C@H](CNC(=O)c2cnns2)[C@H]1c1cccs1. The third kappa shape index (κ3) is 3.30. The number of nitrogens with zero attached hydrogens (tertiary/aromatic N) is 3. The maximum Gasteiger partial charge on any atom is 0.264 e. The molecule has 0 aliphatic carbocycles. The Morgan fingerprint density at radius 2 is 2.48 bits per heavy atom. The van der Waals surface area contributed by atoms with Gasteiger partial charge in [0.2, 0.25) is 0 Å². The Kier molecular flexibility index (Phi) is 4.62. The largest absolute Gasteiger partial charge is 0.351 e. The lowest BCUT2D eigenvalue weighted by Crippen LogP contribution is -2.41. The Balaban J connectivity index is 1.66. The molecule has 1 aliphatic rings. The van der Waals surface area contributed by atoms with Crippen LogP contribution in [0.3, 0.4) is 0 Å². The number of thiophene rings is 1. The van der Waals surface area contributed by atoms with E-state index in [1.807, 2.05) is 0 Å². The number of carbonyl (C=O) groups is 1. The molecule has 2 aromatic heterocycles. The van der Waals surface area contributed by atoms with Gasteiger partial charge in [0.15, 0.2) is 0 Å². The van der Waals surface area contributed by atoms with E-state index >= 15 is 0 Å². The molecule has 1 amide bonds.